The molecule has 0 amide bonds. The van der Waals surface area contributed by atoms with E-state index in [1.54, 1.807) is 0 Å². The molecule has 0 saturated heterocycles. The number of terminal acetylenes is 2. The van der Waals surface area contributed by atoms with Crippen LogP contribution in [-0.2, 0) is 0 Å². The van der Waals surface area contributed by atoms with E-state index in [4.69, 9.17) is 18.6 Å². The minimum atomic E-state index is -0.509. The fraction of sp³-hybridized carbons (Fsp3) is 0.200. The van der Waals surface area contributed by atoms with Crippen LogP contribution in [0.15, 0.2) is 0 Å². The molecule has 2 N–H and O–H groups in total. The molecule has 0 aliphatic carbocycles. The van der Waals surface area contributed by atoms with E-state index >= 15 is 0 Å². The van der Waals surface area contributed by atoms with Crippen LogP contribution in [0.25, 0.3) is 0 Å². The lowest BCUT2D eigenvalue weighted by molar-refractivity contribution is 1.11. The van der Waals surface area contributed by atoms with Crippen molar-refractivity contribution in [2.24, 2.45) is 5.73 Å². The summed E-state index contributed by atoms with van der Waals surface area (Å²) in [5.74, 6) is 4.31. The highest BCUT2D eigenvalue weighted by atomic mass is 14.6. The first-order chi connectivity index (χ1) is 2.81. The third kappa shape index (κ3) is 1.40. The first kappa shape index (κ1) is 5.08. The second kappa shape index (κ2) is 2.33. The smallest absolute Gasteiger partial charge is 0.128 e. The van der Waals surface area contributed by atoms with E-state index in [2.05, 4.69) is 11.8 Å². The van der Waals surface area contributed by atoms with Crippen LogP contribution in [0.3, 0.4) is 0 Å². The van der Waals surface area contributed by atoms with Crippen molar-refractivity contribution in [3.05, 3.63) is 0 Å². The average molecular weight is 79.1 g/mol. The van der Waals surface area contributed by atoms with Crippen molar-refractivity contribution in [2.45, 2.75) is 6.04 Å². The summed E-state index contributed by atoms with van der Waals surface area (Å²) in [5, 5.41) is 0. The molecular formula is C5H5N. The van der Waals surface area contributed by atoms with Crippen LogP contribution < -0.4 is 5.73 Å². The topological polar surface area (TPSA) is 26.0 Å². The van der Waals surface area contributed by atoms with E-state index in [1.165, 1.54) is 0 Å². The van der Waals surface area contributed by atoms with Gasteiger partial charge in [0.25, 0.3) is 0 Å². The van der Waals surface area contributed by atoms with E-state index in [0.717, 1.165) is 0 Å². The summed E-state index contributed by atoms with van der Waals surface area (Å²) in [5.41, 5.74) is 5.00. The Morgan fingerprint density at radius 1 is 1.33 bits per heavy atom. The van der Waals surface area contributed by atoms with Crippen molar-refractivity contribution in [1.29, 1.82) is 0 Å². The van der Waals surface area contributed by atoms with Crippen LogP contribution in [0.5, 0.6) is 0 Å². The Hall–Kier alpha value is -0.920. The molecule has 0 bridgehead atoms. The van der Waals surface area contributed by atoms with Gasteiger partial charge in [0.1, 0.15) is 6.04 Å². The van der Waals surface area contributed by atoms with Gasteiger partial charge in [0.2, 0.25) is 0 Å². The Bertz CT molecular complexity index is 88.1. The van der Waals surface area contributed by atoms with Gasteiger partial charge in [0.05, 0.1) is 0 Å². The molecule has 0 aliphatic rings. The van der Waals surface area contributed by atoms with E-state index in [-0.39, 0.29) is 0 Å². The van der Waals surface area contributed by atoms with Crippen LogP contribution in [0.1, 0.15) is 0 Å². The molecule has 0 saturated carbocycles. The summed E-state index contributed by atoms with van der Waals surface area (Å²) >= 11 is 0. The molecule has 0 heterocycles. The summed E-state index contributed by atoms with van der Waals surface area (Å²) in [4.78, 5) is 0. The van der Waals surface area contributed by atoms with Gasteiger partial charge < -0.3 is 5.73 Å². The highest BCUT2D eigenvalue weighted by Gasteiger charge is 1.79. The van der Waals surface area contributed by atoms with Crippen LogP contribution in [0, 0.1) is 24.7 Å². The highest BCUT2D eigenvalue weighted by molar-refractivity contribution is 5.13. The van der Waals surface area contributed by atoms with Gasteiger partial charge in [0, 0.05) is 0 Å². The van der Waals surface area contributed by atoms with E-state index in [1.807, 2.05) is 0 Å². The quantitative estimate of drug-likeness (QED) is 0.392. The molecule has 1 nitrogen and oxygen atoms in total. The van der Waals surface area contributed by atoms with Crippen molar-refractivity contribution in [1.82, 2.24) is 0 Å². The molecule has 0 atom stereocenters. The third-order valence-electron chi connectivity index (χ3n) is 0.359. The fourth-order valence-corrected chi connectivity index (χ4v) is 0.0481. The Morgan fingerprint density at radius 3 is 1.67 bits per heavy atom. The monoisotopic (exact) mass is 79.0 g/mol. The van der Waals surface area contributed by atoms with Gasteiger partial charge >= 0.3 is 0 Å². The SMILES string of the molecule is C#CC(N)C#C. The number of nitrogens with two attached hydrogens (primary N) is 1. The van der Waals surface area contributed by atoms with Gasteiger partial charge in [-0.3, -0.25) is 0 Å². The number of hydrogen-bond acceptors (Lipinski definition) is 1. The maximum Gasteiger partial charge on any atom is 0.128 e. The van der Waals surface area contributed by atoms with Crippen LogP contribution in [0.2, 0.25) is 0 Å². The van der Waals surface area contributed by atoms with Gasteiger partial charge in [-0.25, -0.2) is 0 Å². The van der Waals surface area contributed by atoms with Crippen molar-refractivity contribution < 1.29 is 0 Å². The Morgan fingerprint density at radius 2 is 1.67 bits per heavy atom. The molecule has 0 radical (unpaired) electrons. The van der Waals surface area contributed by atoms with Crippen LogP contribution in [-0.4, -0.2) is 6.04 Å². The van der Waals surface area contributed by atoms with Crippen molar-refractivity contribution in [3.63, 3.8) is 0 Å². The van der Waals surface area contributed by atoms with Gasteiger partial charge in [-0.15, -0.1) is 12.8 Å². The number of rotatable bonds is 0. The van der Waals surface area contributed by atoms with Crippen molar-refractivity contribution in [2.75, 3.05) is 0 Å². The minimum Gasteiger partial charge on any atom is -0.308 e. The highest BCUT2D eigenvalue weighted by Crippen LogP contribution is 1.61. The Labute approximate surface area is 37.5 Å². The molecule has 0 aromatic carbocycles. The molecule has 0 aromatic heterocycles. The fourth-order valence-electron chi connectivity index (χ4n) is 0.0481. The van der Waals surface area contributed by atoms with E-state index in [0.29, 0.717) is 0 Å². The predicted molar refractivity (Wildman–Crippen MR) is 25.6 cm³/mol. The maximum atomic E-state index is 5.00. The molecule has 0 aromatic rings. The summed E-state index contributed by atoms with van der Waals surface area (Å²) in [6, 6.07) is -0.509. The van der Waals surface area contributed by atoms with Gasteiger partial charge in [0.15, 0.2) is 0 Å². The molecule has 1 heteroatoms. The summed E-state index contributed by atoms with van der Waals surface area (Å²) < 4.78 is 0. The normalized spacial score (nSPS) is 6.67. The second-order valence-electron chi connectivity index (χ2n) is 0.811. The molecule has 0 unspecified atom stereocenters. The van der Waals surface area contributed by atoms with Crippen molar-refractivity contribution in [3.8, 4) is 24.7 Å². The molecule has 6 heavy (non-hydrogen) atoms. The first-order valence-corrected chi connectivity index (χ1v) is 1.49. The van der Waals surface area contributed by atoms with Gasteiger partial charge in [-0.05, 0) is 0 Å². The first-order valence-electron chi connectivity index (χ1n) is 1.49. The predicted octanol–water partition coefficient (Wildman–Crippen LogP) is -0.420. The number of hydrogen-bond donors (Lipinski definition) is 1. The lowest BCUT2D eigenvalue weighted by Gasteiger charge is -1.82. The largest absolute Gasteiger partial charge is 0.308 e. The van der Waals surface area contributed by atoms with E-state index < -0.39 is 6.04 Å². The third-order valence-corrected chi connectivity index (χ3v) is 0.359. The van der Waals surface area contributed by atoms with E-state index in [9.17, 15) is 0 Å². The molecule has 30 valence electrons. The minimum absolute atomic E-state index is 0.509. The van der Waals surface area contributed by atoms with Gasteiger partial charge in [-0.1, -0.05) is 11.8 Å². The standard InChI is InChI=1S/C5H5N/c1-3-5(6)4-2/h1-2,5H,6H2. The lowest BCUT2D eigenvalue weighted by atomic mass is 10.4. The molecular weight excluding hydrogens is 74.1 g/mol. The lowest BCUT2D eigenvalue weighted by Crippen LogP contribution is -2.12. The maximum absolute atomic E-state index is 5.00. The zero-order chi connectivity index (χ0) is 4.99. The van der Waals surface area contributed by atoms with Crippen LogP contribution >= 0.6 is 0 Å². The Balaban J connectivity index is 3.40. The van der Waals surface area contributed by atoms with Crippen LogP contribution in [0.4, 0.5) is 0 Å². The van der Waals surface area contributed by atoms with Crippen molar-refractivity contribution >= 4 is 0 Å². The van der Waals surface area contributed by atoms with Gasteiger partial charge in [-0.2, -0.15) is 0 Å². The molecule has 0 fully saturated rings. The average Bonchev–Trinajstić information content (AvgIpc) is 1.65. The Kier molecular flexibility index (Phi) is 1.97. The summed E-state index contributed by atoms with van der Waals surface area (Å²) in [6.07, 6.45) is 9.53. The second-order valence-corrected chi connectivity index (χ2v) is 0.811. The summed E-state index contributed by atoms with van der Waals surface area (Å²) in [6.45, 7) is 0. The zero-order valence-corrected chi connectivity index (χ0v) is 3.31. The summed E-state index contributed by atoms with van der Waals surface area (Å²) in [7, 11) is 0. The zero-order valence-electron chi connectivity index (χ0n) is 3.31. The molecule has 0 spiro atoms. The molecule has 0 rings (SSSR count). The molecule has 0 aliphatic heterocycles.